The van der Waals surface area contributed by atoms with Crippen LogP contribution in [0, 0.1) is 5.92 Å². The van der Waals surface area contributed by atoms with Gasteiger partial charge in [0, 0.05) is 38.3 Å². The minimum atomic E-state index is -0.0308. The van der Waals surface area contributed by atoms with Gasteiger partial charge in [0.1, 0.15) is 12.4 Å². The van der Waals surface area contributed by atoms with Crippen molar-refractivity contribution in [1.29, 1.82) is 0 Å². The Kier molecular flexibility index (Phi) is 8.51. The highest BCUT2D eigenvalue weighted by Gasteiger charge is 2.19. The van der Waals surface area contributed by atoms with Crippen molar-refractivity contribution in [2.24, 2.45) is 5.92 Å². The molecule has 7 nitrogen and oxygen atoms in total. The number of nitrogens with one attached hydrogen (secondary N) is 1. The van der Waals surface area contributed by atoms with Gasteiger partial charge in [-0.15, -0.1) is 0 Å². The maximum atomic E-state index is 6.39. The van der Waals surface area contributed by atoms with Gasteiger partial charge in [-0.1, -0.05) is 30.7 Å². The standard InChI is InChI=1S/C26H35ClN4O3/c1-18-10-12-31(16-18)11-5-13-33-25-15-23-20(14-24(25)32-3)26(30-17-29-23)34-19-6-4-7-22(28-2)21(27)9-8-19/h7,9,14-15,17-19,28H,4-6,8,10-13,16H2,1-3H3/b21-9?,22-7+. The van der Waals surface area contributed by atoms with Gasteiger partial charge in [-0.2, -0.15) is 0 Å². The molecule has 1 aromatic carbocycles. The number of benzene rings is 1. The molecule has 0 saturated carbocycles. The Morgan fingerprint density at radius 2 is 2.06 bits per heavy atom. The van der Waals surface area contributed by atoms with E-state index in [0.29, 0.717) is 35.4 Å². The SMILES string of the molecule is CN/C1=C/CCC(Oc2ncnc3cc(OCCCN4CCC(C)C4)c(OC)cc23)CC=C1Cl. The van der Waals surface area contributed by atoms with Crippen LogP contribution >= 0.6 is 11.6 Å². The average Bonchev–Trinajstić information content (AvgIpc) is 3.25. The minimum Gasteiger partial charge on any atom is -0.493 e. The van der Waals surface area contributed by atoms with Gasteiger partial charge in [0.25, 0.3) is 0 Å². The van der Waals surface area contributed by atoms with Crippen molar-refractivity contribution in [3.63, 3.8) is 0 Å². The van der Waals surface area contributed by atoms with E-state index < -0.39 is 0 Å². The maximum absolute atomic E-state index is 6.39. The number of likely N-dealkylation sites (N-methyl/N-ethyl adjacent to an activating group) is 1. The second-order valence-corrected chi connectivity index (χ2v) is 9.48. The molecule has 2 heterocycles. The molecule has 0 radical (unpaired) electrons. The summed E-state index contributed by atoms with van der Waals surface area (Å²) in [5, 5.41) is 4.65. The number of ether oxygens (including phenoxy) is 3. The Balaban J connectivity index is 1.43. The summed E-state index contributed by atoms with van der Waals surface area (Å²) < 4.78 is 18.0. The van der Waals surface area contributed by atoms with Crippen molar-refractivity contribution in [2.75, 3.05) is 40.4 Å². The summed E-state index contributed by atoms with van der Waals surface area (Å²) in [4.78, 5) is 11.4. The molecule has 1 aliphatic carbocycles. The predicted molar refractivity (Wildman–Crippen MR) is 136 cm³/mol. The molecule has 1 saturated heterocycles. The molecule has 2 atom stereocenters. The van der Waals surface area contributed by atoms with Crippen LogP contribution in [0.1, 0.15) is 39.0 Å². The van der Waals surface area contributed by atoms with E-state index in [1.54, 1.807) is 7.11 Å². The summed E-state index contributed by atoms with van der Waals surface area (Å²) in [5.41, 5.74) is 1.73. The first-order valence-electron chi connectivity index (χ1n) is 12.2. The maximum Gasteiger partial charge on any atom is 0.224 e. The number of halogens is 1. The molecule has 0 spiro atoms. The Hall–Kier alpha value is -2.51. The molecule has 1 aromatic heterocycles. The van der Waals surface area contributed by atoms with E-state index in [1.807, 2.05) is 25.3 Å². The third-order valence-corrected chi connectivity index (χ3v) is 6.83. The summed E-state index contributed by atoms with van der Waals surface area (Å²) in [6, 6.07) is 3.82. The monoisotopic (exact) mass is 486 g/mol. The summed E-state index contributed by atoms with van der Waals surface area (Å²) in [5.74, 6) is 2.70. The van der Waals surface area contributed by atoms with Gasteiger partial charge in [0.05, 0.1) is 29.7 Å². The van der Waals surface area contributed by atoms with Gasteiger partial charge in [-0.3, -0.25) is 0 Å². The number of aromatic nitrogens is 2. The molecule has 2 aliphatic rings. The van der Waals surface area contributed by atoms with E-state index in [9.17, 15) is 0 Å². The lowest BCUT2D eigenvalue weighted by Gasteiger charge is -2.20. The highest BCUT2D eigenvalue weighted by Crippen LogP contribution is 2.35. The van der Waals surface area contributed by atoms with E-state index in [2.05, 4.69) is 33.2 Å². The van der Waals surface area contributed by atoms with Gasteiger partial charge in [0.2, 0.25) is 5.88 Å². The molecule has 8 heteroatoms. The van der Waals surface area contributed by atoms with Crippen molar-refractivity contribution in [1.82, 2.24) is 20.2 Å². The van der Waals surface area contributed by atoms with E-state index in [-0.39, 0.29) is 6.10 Å². The van der Waals surface area contributed by atoms with E-state index >= 15 is 0 Å². The Morgan fingerprint density at radius 1 is 1.18 bits per heavy atom. The summed E-state index contributed by atoms with van der Waals surface area (Å²) >= 11 is 6.39. The predicted octanol–water partition coefficient (Wildman–Crippen LogP) is 4.91. The van der Waals surface area contributed by atoms with E-state index in [4.69, 9.17) is 25.8 Å². The Morgan fingerprint density at radius 3 is 2.82 bits per heavy atom. The van der Waals surface area contributed by atoms with Gasteiger partial charge >= 0.3 is 0 Å². The number of allylic oxidation sites excluding steroid dienone is 2. The van der Waals surface area contributed by atoms with Crippen LogP contribution < -0.4 is 19.5 Å². The topological polar surface area (TPSA) is 68.7 Å². The second-order valence-electron chi connectivity index (χ2n) is 9.07. The molecular weight excluding hydrogens is 452 g/mol. The Bertz CT molecular complexity index is 1040. The fraction of sp³-hybridized carbons (Fsp3) is 0.538. The van der Waals surface area contributed by atoms with Gasteiger partial charge in [-0.25, -0.2) is 9.97 Å². The van der Waals surface area contributed by atoms with Gasteiger partial charge in [0.15, 0.2) is 11.5 Å². The number of likely N-dealkylation sites (tertiary alicyclic amines) is 1. The van der Waals surface area contributed by atoms with Crippen LogP contribution in [0.25, 0.3) is 10.9 Å². The molecule has 2 aromatic rings. The highest BCUT2D eigenvalue weighted by molar-refractivity contribution is 6.31. The van der Waals surface area contributed by atoms with Crippen molar-refractivity contribution >= 4 is 22.5 Å². The number of rotatable bonds is 9. The number of fused-ring (bicyclic) bond motifs is 1. The van der Waals surface area contributed by atoms with Crippen LogP contribution in [-0.2, 0) is 0 Å². The zero-order valence-electron chi connectivity index (χ0n) is 20.3. The minimum absolute atomic E-state index is 0.0308. The molecule has 1 aliphatic heterocycles. The van der Waals surface area contributed by atoms with Crippen molar-refractivity contribution < 1.29 is 14.2 Å². The van der Waals surface area contributed by atoms with Crippen LogP contribution in [0.4, 0.5) is 0 Å². The van der Waals surface area contributed by atoms with Crippen LogP contribution in [-0.4, -0.2) is 61.4 Å². The van der Waals surface area contributed by atoms with Crippen LogP contribution in [0.15, 0.2) is 41.3 Å². The molecule has 184 valence electrons. The number of hydrogen-bond acceptors (Lipinski definition) is 7. The van der Waals surface area contributed by atoms with Crippen LogP contribution in [0.3, 0.4) is 0 Å². The van der Waals surface area contributed by atoms with Crippen LogP contribution in [0.5, 0.6) is 17.4 Å². The zero-order valence-corrected chi connectivity index (χ0v) is 21.1. The summed E-state index contributed by atoms with van der Waals surface area (Å²) in [6.07, 6.45) is 10.3. The van der Waals surface area contributed by atoms with Crippen molar-refractivity contribution in [2.45, 2.75) is 45.1 Å². The molecule has 0 bridgehead atoms. The van der Waals surface area contributed by atoms with Crippen LogP contribution in [0.2, 0.25) is 0 Å². The van der Waals surface area contributed by atoms with Crippen molar-refractivity contribution in [3.05, 3.63) is 41.3 Å². The third kappa shape index (κ3) is 6.13. The Labute approximate surface area is 207 Å². The molecule has 0 amide bonds. The lowest BCUT2D eigenvalue weighted by molar-refractivity contribution is 0.189. The number of methoxy groups -OCH3 is 1. The van der Waals surface area contributed by atoms with E-state index in [1.165, 1.54) is 25.8 Å². The normalized spacial score (nSPS) is 22.9. The molecule has 4 rings (SSSR count). The summed E-state index contributed by atoms with van der Waals surface area (Å²) in [7, 11) is 3.53. The summed E-state index contributed by atoms with van der Waals surface area (Å²) in [6.45, 7) is 6.39. The number of hydrogen-bond donors (Lipinski definition) is 1. The molecule has 1 fully saturated rings. The third-order valence-electron chi connectivity index (χ3n) is 6.47. The zero-order chi connectivity index (χ0) is 23.9. The fourth-order valence-electron chi connectivity index (χ4n) is 4.57. The quantitative estimate of drug-likeness (QED) is 0.505. The molecule has 1 N–H and O–H groups in total. The molecule has 34 heavy (non-hydrogen) atoms. The second kappa shape index (κ2) is 11.8. The lowest BCUT2D eigenvalue weighted by Crippen LogP contribution is -2.23. The number of nitrogens with zero attached hydrogens (tertiary/aromatic N) is 3. The lowest BCUT2D eigenvalue weighted by atomic mass is 10.1. The van der Waals surface area contributed by atoms with E-state index in [0.717, 1.165) is 48.3 Å². The smallest absolute Gasteiger partial charge is 0.224 e. The highest BCUT2D eigenvalue weighted by atomic mass is 35.5. The van der Waals surface area contributed by atoms with Crippen molar-refractivity contribution in [3.8, 4) is 17.4 Å². The first kappa shape index (κ1) is 24.6. The molecular formula is C26H35ClN4O3. The largest absolute Gasteiger partial charge is 0.493 e. The molecule has 2 unspecified atom stereocenters. The van der Waals surface area contributed by atoms with Gasteiger partial charge in [-0.05, 0) is 44.2 Å². The first-order chi connectivity index (χ1) is 16.6. The first-order valence-corrected chi connectivity index (χ1v) is 12.5. The average molecular weight is 487 g/mol. The van der Waals surface area contributed by atoms with Gasteiger partial charge < -0.3 is 24.4 Å². The fourth-order valence-corrected chi connectivity index (χ4v) is 4.83.